The molecular weight excluding hydrogens is 2010 g/mol. The minimum absolute atomic E-state index is 0.0194. The van der Waals surface area contributed by atoms with Crippen LogP contribution in [0.5, 0.6) is 0 Å². The van der Waals surface area contributed by atoms with Crippen LogP contribution in [0, 0.1) is 23.3 Å². The molecule has 43 heteroatoms. The molecule has 4 N–H and O–H groups in total. The highest BCUT2D eigenvalue weighted by Gasteiger charge is 2.40. The SMILES string of the molecule is CCCc1ccc(-c2cc(-c3nc(-c4ccc(S(=O)(=O)C(C)C)c(F)c4)cnc3N)on2)c(F)c1.CN(Cc1ccc(-c2cc(-c3nc(Br)cnc3N(C(=O)OC(C)(C)C)C(=O)OC(C)(C)C)on2)c(F)c1)C(=O)OC(C)(C)C.CN(Cc1ccc(-c2cc(-c3nc(Br)cnc3N(C(=O)OC(C)(C)C)C(=O)OC(C)(C)C)on2)c(F)c1)C(=O)OC(C)(C)C.Nc1ncc(Br)nc1Br. The second-order valence-corrected chi connectivity index (χ2v) is 41.2. The number of carbonyl (C=O) groups is 6. The Morgan fingerprint density at radius 3 is 1.08 bits per heavy atom. The molecule has 706 valence electrons. The predicted molar refractivity (Wildman–Crippen MR) is 497 cm³/mol. The zero-order valence-corrected chi connectivity index (χ0v) is 83.8. The number of aryl methyl sites for hydroxylation is 1. The lowest BCUT2D eigenvalue weighted by Gasteiger charge is -2.28. The van der Waals surface area contributed by atoms with Gasteiger partial charge in [-0.2, -0.15) is 9.80 Å². The first-order chi connectivity index (χ1) is 61.1. The summed E-state index contributed by atoms with van der Waals surface area (Å²) in [5, 5.41) is 11.2. The number of rotatable bonds is 17. The Balaban J connectivity index is 0.000000233. The van der Waals surface area contributed by atoms with Gasteiger partial charge in [0.1, 0.15) is 97.3 Å². The molecule has 4 aromatic carbocycles. The number of anilines is 4. The summed E-state index contributed by atoms with van der Waals surface area (Å²) in [6.07, 6.45) is 1.83. The summed E-state index contributed by atoms with van der Waals surface area (Å²) >= 11 is 12.8. The van der Waals surface area contributed by atoms with Gasteiger partial charge in [0.25, 0.3) is 0 Å². The van der Waals surface area contributed by atoms with E-state index in [1.165, 1.54) is 103 Å². The van der Waals surface area contributed by atoms with Crippen LogP contribution in [0.2, 0.25) is 0 Å². The summed E-state index contributed by atoms with van der Waals surface area (Å²) in [6, 6.07) is 21.8. The largest absolute Gasteiger partial charge is 0.444 e. The monoisotopic (exact) mass is 2100 g/mol. The summed E-state index contributed by atoms with van der Waals surface area (Å²) < 4.78 is 135. The van der Waals surface area contributed by atoms with Crippen molar-refractivity contribution >= 4 is 133 Å². The number of hydrogen-bond acceptors (Lipinski definition) is 30. The molecule has 0 fully saturated rings. The lowest BCUT2D eigenvalue weighted by Crippen LogP contribution is -2.44. The van der Waals surface area contributed by atoms with E-state index >= 15 is 8.78 Å². The Kier molecular flexibility index (Phi) is 34.5. The minimum Gasteiger partial charge on any atom is -0.444 e. The molecule has 6 amide bonds. The van der Waals surface area contributed by atoms with E-state index in [9.17, 15) is 46.0 Å². The van der Waals surface area contributed by atoms with Crippen LogP contribution in [0.25, 0.3) is 79.4 Å². The highest BCUT2D eigenvalue weighted by Crippen LogP contribution is 2.39. The van der Waals surface area contributed by atoms with Gasteiger partial charge in [-0.25, -0.2) is 94.6 Å². The van der Waals surface area contributed by atoms with Gasteiger partial charge in [0, 0.05) is 67.6 Å². The average Bonchev–Trinajstić information content (AvgIpc) is 1.23. The molecule has 0 aliphatic rings. The zero-order chi connectivity index (χ0) is 98.6. The summed E-state index contributed by atoms with van der Waals surface area (Å²) in [6.45, 7) is 35.5. The molecular formula is C89H101Br4F4N17O17S. The number of amides is 6. The lowest BCUT2D eigenvalue weighted by molar-refractivity contribution is 0.0275. The average molecular weight is 2110 g/mol. The number of imide groups is 2. The van der Waals surface area contributed by atoms with E-state index in [0.29, 0.717) is 41.5 Å². The van der Waals surface area contributed by atoms with Crippen molar-refractivity contribution in [2.45, 2.75) is 215 Å². The second-order valence-electron chi connectivity index (χ2n) is 35.5. The van der Waals surface area contributed by atoms with Crippen LogP contribution in [0.4, 0.5) is 69.6 Å². The first kappa shape index (κ1) is 105. The van der Waals surface area contributed by atoms with Crippen molar-refractivity contribution in [2.75, 3.05) is 35.4 Å². The number of benzene rings is 4. The Bertz CT molecular complexity index is 5880. The fraction of sp³-hybridized carbons (Fsp3) is 0.382. The molecule has 0 aliphatic heterocycles. The van der Waals surface area contributed by atoms with Crippen molar-refractivity contribution in [3.05, 3.63) is 174 Å². The molecule has 7 heterocycles. The van der Waals surface area contributed by atoms with Gasteiger partial charge in [-0.05, 0) is 274 Å². The van der Waals surface area contributed by atoms with Gasteiger partial charge in [0.2, 0.25) is 0 Å². The molecule has 0 radical (unpaired) electrons. The summed E-state index contributed by atoms with van der Waals surface area (Å²) in [5.41, 5.74) is 9.64. The van der Waals surface area contributed by atoms with Crippen LogP contribution >= 0.6 is 63.7 Å². The summed E-state index contributed by atoms with van der Waals surface area (Å²) in [7, 11) is -0.675. The smallest absolute Gasteiger partial charge is 0.425 e. The molecule has 0 unspecified atom stereocenters. The van der Waals surface area contributed by atoms with Crippen LogP contribution in [0.1, 0.15) is 169 Å². The first-order valence-corrected chi connectivity index (χ1v) is 45.1. The van der Waals surface area contributed by atoms with Gasteiger partial charge in [0.15, 0.2) is 67.5 Å². The third-order valence-corrected chi connectivity index (χ3v) is 20.7. The molecule has 0 atom stereocenters. The maximum atomic E-state index is 15.3. The van der Waals surface area contributed by atoms with Gasteiger partial charge in [-0.1, -0.05) is 53.1 Å². The second kappa shape index (κ2) is 43.2. The van der Waals surface area contributed by atoms with Crippen molar-refractivity contribution in [1.82, 2.24) is 65.1 Å². The van der Waals surface area contributed by atoms with Crippen LogP contribution < -0.4 is 21.3 Å². The van der Waals surface area contributed by atoms with Crippen molar-refractivity contribution in [1.29, 1.82) is 0 Å². The molecule has 132 heavy (non-hydrogen) atoms. The van der Waals surface area contributed by atoms with Gasteiger partial charge < -0.3 is 63.3 Å². The Morgan fingerprint density at radius 2 is 0.742 bits per heavy atom. The molecule has 0 saturated carbocycles. The maximum absolute atomic E-state index is 15.3. The minimum atomic E-state index is -3.78. The quantitative estimate of drug-likeness (QED) is 0.0631. The number of ether oxygens (including phenoxy) is 6. The van der Waals surface area contributed by atoms with Crippen molar-refractivity contribution in [2.24, 2.45) is 0 Å². The number of hydrogen-bond donors (Lipinski definition) is 2. The van der Waals surface area contributed by atoms with E-state index in [0.717, 1.165) is 24.5 Å². The summed E-state index contributed by atoms with van der Waals surface area (Å²) in [4.78, 5) is 115. The standard InChI is InChI=1S/2C30H37BrFN5O7.C25H24F2N4O3S.C4H3Br2N3/c2*1-28(2,3)41-25(38)36(10)16-17-11-12-18(19(32)13-17)20-14-21(44-35-20)23-24(33-15-22(31)34-23)37(26(39)42-29(4,5)6)27(40)43-30(7,8)9;1-4-5-15-6-8-17(18(26)10-15)20-12-22(34-31-20)24-25(28)29-13-21(30-24)16-7-9-23(19(27)11-16)35(32,33)14(2)3;5-2-1-8-4(7)3(6)9-2/h2*11-15H,16H2,1-10H3;6-14H,4-5H2,1-3H3,(H2,28,29);1H,(H2,7,8). The van der Waals surface area contributed by atoms with Gasteiger partial charge in [0.05, 0.1) is 35.7 Å². The molecule has 11 rings (SSSR count). The molecule has 0 saturated heterocycles. The van der Waals surface area contributed by atoms with E-state index in [1.54, 1.807) is 163 Å². The topological polar surface area (TPSA) is 438 Å². The Labute approximate surface area is 793 Å². The van der Waals surface area contributed by atoms with Crippen LogP contribution in [0.15, 0.2) is 153 Å². The molecule has 34 nitrogen and oxygen atoms in total. The lowest BCUT2D eigenvalue weighted by atomic mass is 10.0. The number of nitrogen functional groups attached to an aromatic ring is 2. The third kappa shape index (κ3) is 30.0. The number of halogens is 8. The van der Waals surface area contributed by atoms with E-state index in [2.05, 4.69) is 119 Å². The summed E-state index contributed by atoms with van der Waals surface area (Å²) in [5.74, 6) is -2.50. The fourth-order valence-electron chi connectivity index (χ4n) is 11.2. The maximum Gasteiger partial charge on any atom is 0.425 e. The molecule has 0 aliphatic carbocycles. The zero-order valence-electron chi connectivity index (χ0n) is 76.6. The first-order valence-electron chi connectivity index (χ1n) is 40.4. The van der Waals surface area contributed by atoms with E-state index in [4.69, 9.17) is 53.5 Å². The van der Waals surface area contributed by atoms with Crippen LogP contribution in [-0.4, -0.2) is 163 Å². The Morgan fingerprint density at radius 1 is 0.409 bits per heavy atom. The number of nitrogens with two attached hydrogens (primary N) is 2. The molecule has 0 spiro atoms. The third-order valence-electron chi connectivity index (χ3n) is 16.8. The van der Waals surface area contributed by atoms with Crippen LogP contribution in [-0.2, 0) is 57.8 Å². The Hall–Kier alpha value is -12.0. The van der Waals surface area contributed by atoms with Crippen molar-refractivity contribution in [3.63, 3.8) is 0 Å². The van der Waals surface area contributed by atoms with Crippen molar-refractivity contribution in [3.8, 4) is 79.4 Å². The fourth-order valence-corrected chi connectivity index (χ4v) is 13.6. The number of sulfone groups is 1. The van der Waals surface area contributed by atoms with Gasteiger partial charge in [-0.3, -0.25) is 0 Å². The van der Waals surface area contributed by atoms with Crippen molar-refractivity contribution < 1.29 is 96.7 Å². The van der Waals surface area contributed by atoms with Gasteiger partial charge in [-0.15, -0.1) is 0 Å². The predicted octanol–water partition coefficient (Wildman–Crippen LogP) is 22.5. The van der Waals surface area contributed by atoms with Crippen LogP contribution in [0.3, 0.4) is 0 Å². The number of carbonyl (C=O) groups excluding carboxylic acids is 6. The van der Waals surface area contributed by atoms with Gasteiger partial charge >= 0.3 is 36.6 Å². The van der Waals surface area contributed by atoms with E-state index in [-0.39, 0.29) is 118 Å². The molecule has 0 bridgehead atoms. The molecule has 7 aromatic heterocycles. The highest BCUT2D eigenvalue weighted by atomic mass is 79.9. The normalized spacial score (nSPS) is 11.8. The number of nitrogens with zero attached hydrogens (tertiary/aromatic N) is 15. The highest BCUT2D eigenvalue weighted by molar-refractivity contribution is 9.11. The van der Waals surface area contributed by atoms with E-state index < -0.39 is 109 Å². The molecule has 11 aromatic rings. The van der Waals surface area contributed by atoms with E-state index in [1.807, 2.05) is 13.0 Å². The number of aromatic nitrogens is 11.